The van der Waals surface area contributed by atoms with E-state index in [4.69, 9.17) is 19.2 Å². The van der Waals surface area contributed by atoms with Crippen molar-refractivity contribution in [3.63, 3.8) is 0 Å². The number of aryl methyl sites for hydroxylation is 1. The van der Waals surface area contributed by atoms with E-state index in [9.17, 15) is 4.79 Å². The lowest BCUT2D eigenvalue weighted by Gasteiger charge is -2.11. The number of carbonyl (C=O) groups excluding carboxylic acids is 1. The molecule has 4 rings (SSSR count). The van der Waals surface area contributed by atoms with Crippen molar-refractivity contribution in [2.45, 2.75) is 6.92 Å². The van der Waals surface area contributed by atoms with Gasteiger partial charge in [0.1, 0.15) is 11.4 Å². The Bertz CT molecular complexity index is 1220. The molecule has 158 valence electrons. The minimum absolute atomic E-state index is 0.127. The van der Waals surface area contributed by atoms with Crippen LogP contribution in [0.3, 0.4) is 0 Å². The second-order valence-corrected chi connectivity index (χ2v) is 6.91. The van der Waals surface area contributed by atoms with Crippen LogP contribution in [-0.2, 0) is 4.79 Å². The smallest absolute Gasteiger partial charge is 0.262 e. The third-order valence-corrected chi connectivity index (χ3v) is 4.93. The highest BCUT2D eigenvalue weighted by Crippen LogP contribution is 2.27. The van der Waals surface area contributed by atoms with Gasteiger partial charge in [-0.05, 0) is 55.5 Å². The first-order valence-corrected chi connectivity index (χ1v) is 9.78. The first-order valence-electron chi connectivity index (χ1n) is 9.78. The highest BCUT2D eigenvalue weighted by molar-refractivity contribution is 5.92. The molecule has 0 aliphatic rings. The number of imidazole rings is 1. The third kappa shape index (κ3) is 4.30. The molecule has 0 atom stereocenters. The Morgan fingerprint density at radius 2 is 1.71 bits per heavy atom. The normalized spacial score (nSPS) is 10.7. The fourth-order valence-corrected chi connectivity index (χ4v) is 3.34. The van der Waals surface area contributed by atoms with Gasteiger partial charge in [-0.25, -0.2) is 4.98 Å². The van der Waals surface area contributed by atoms with Crippen LogP contribution in [0, 0.1) is 6.92 Å². The van der Waals surface area contributed by atoms with Gasteiger partial charge in [-0.1, -0.05) is 12.1 Å². The number of nitrogens with zero attached hydrogens (tertiary/aromatic N) is 2. The van der Waals surface area contributed by atoms with E-state index >= 15 is 0 Å². The standard InChI is InChI=1S/C24H23N3O4/c1-16-24(17-8-11-19(29-2)12-9-17)26-22-13-10-18(14-27(16)22)25-23(28)15-31-21-7-5-4-6-20(21)30-3/h4-14H,15H2,1-3H3,(H,25,28). The lowest BCUT2D eigenvalue weighted by atomic mass is 10.1. The molecule has 7 heteroatoms. The summed E-state index contributed by atoms with van der Waals surface area (Å²) in [7, 11) is 3.20. The number of rotatable bonds is 7. The summed E-state index contributed by atoms with van der Waals surface area (Å²) in [6.45, 7) is 1.87. The maximum atomic E-state index is 12.4. The molecule has 0 bridgehead atoms. The van der Waals surface area contributed by atoms with Crippen LogP contribution in [0.15, 0.2) is 66.9 Å². The van der Waals surface area contributed by atoms with E-state index in [1.165, 1.54) is 0 Å². The van der Waals surface area contributed by atoms with E-state index in [1.54, 1.807) is 26.4 Å². The van der Waals surface area contributed by atoms with Gasteiger partial charge in [0, 0.05) is 17.5 Å². The van der Waals surface area contributed by atoms with Crippen molar-refractivity contribution in [3.8, 4) is 28.5 Å². The van der Waals surface area contributed by atoms with Crippen molar-refractivity contribution < 1.29 is 19.0 Å². The van der Waals surface area contributed by atoms with E-state index in [2.05, 4.69) is 5.32 Å². The molecular weight excluding hydrogens is 394 g/mol. The van der Waals surface area contributed by atoms with Gasteiger partial charge in [-0.15, -0.1) is 0 Å². The SMILES string of the molecule is COc1ccc(-c2nc3ccc(NC(=O)COc4ccccc4OC)cn3c2C)cc1. The Morgan fingerprint density at radius 1 is 0.968 bits per heavy atom. The van der Waals surface area contributed by atoms with Crippen molar-refractivity contribution >= 4 is 17.2 Å². The molecule has 0 spiro atoms. The number of hydrogen-bond acceptors (Lipinski definition) is 5. The van der Waals surface area contributed by atoms with E-state index in [0.29, 0.717) is 17.2 Å². The fourth-order valence-electron chi connectivity index (χ4n) is 3.34. The second kappa shape index (κ2) is 8.79. The Kier molecular flexibility index (Phi) is 5.75. The van der Waals surface area contributed by atoms with Crippen LogP contribution in [0.1, 0.15) is 5.69 Å². The van der Waals surface area contributed by atoms with Gasteiger partial charge in [0.05, 0.1) is 25.6 Å². The number of amides is 1. The summed E-state index contributed by atoms with van der Waals surface area (Å²) in [5.41, 5.74) is 4.31. The lowest BCUT2D eigenvalue weighted by molar-refractivity contribution is -0.118. The van der Waals surface area contributed by atoms with Crippen molar-refractivity contribution in [2.75, 3.05) is 26.1 Å². The van der Waals surface area contributed by atoms with Gasteiger partial charge < -0.3 is 23.9 Å². The molecule has 0 aliphatic carbocycles. The van der Waals surface area contributed by atoms with E-state index in [1.807, 2.05) is 66.1 Å². The van der Waals surface area contributed by atoms with E-state index in [0.717, 1.165) is 28.3 Å². The van der Waals surface area contributed by atoms with Gasteiger partial charge in [0.2, 0.25) is 0 Å². The first kappa shape index (κ1) is 20.3. The fraction of sp³-hybridized carbons (Fsp3) is 0.167. The van der Waals surface area contributed by atoms with Crippen LogP contribution in [0.2, 0.25) is 0 Å². The molecule has 2 aromatic heterocycles. The van der Waals surface area contributed by atoms with Crippen molar-refractivity contribution in [2.24, 2.45) is 0 Å². The molecule has 2 aromatic carbocycles. The molecule has 7 nitrogen and oxygen atoms in total. The summed E-state index contributed by atoms with van der Waals surface area (Å²) in [5.74, 6) is 1.63. The second-order valence-electron chi connectivity index (χ2n) is 6.91. The maximum absolute atomic E-state index is 12.4. The number of nitrogens with one attached hydrogen (secondary N) is 1. The Morgan fingerprint density at radius 3 is 2.42 bits per heavy atom. The average Bonchev–Trinajstić information content (AvgIpc) is 3.14. The summed E-state index contributed by atoms with van der Waals surface area (Å²) in [4.78, 5) is 17.1. The molecule has 31 heavy (non-hydrogen) atoms. The molecule has 0 saturated carbocycles. The van der Waals surface area contributed by atoms with Gasteiger partial charge >= 0.3 is 0 Å². The lowest BCUT2D eigenvalue weighted by Crippen LogP contribution is -2.20. The topological polar surface area (TPSA) is 74.1 Å². The summed E-state index contributed by atoms with van der Waals surface area (Å²) in [6, 6.07) is 18.7. The quantitative estimate of drug-likeness (QED) is 0.484. The summed E-state index contributed by atoms with van der Waals surface area (Å²) in [6.07, 6.45) is 1.85. The van der Waals surface area contributed by atoms with Crippen molar-refractivity contribution in [1.29, 1.82) is 0 Å². The molecule has 0 unspecified atom stereocenters. The molecule has 4 aromatic rings. The number of aromatic nitrogens is 2. The predicted molar refractivity (Wildman–Crippen MR) is 119 cm³/mol. The Balaban J connectivity index is 1.49. The van der Waals surface area contributed by atoms with E-state index < -0.39 is 0 Å². The number of fused-ring (bicyclic) bond motifs is 1. The number of benzene rings is 2. The Hall–Kier alpha value is -4.00. The van der Waals surface area contributed by atoms with Crippen LogP contribution in [0.4, 0.5) is 5.69 Å². The van der Waals surface area contributed by atoms with E-state index in [-0.39, 0.29) is 12.5 Å². The number of ether oxygens (including phenoxy) is 3. The predicted octanol–water partition coefficient (Wildman–Crippen LogP) is 4.34. The largest absolute Gasteiger partial charge is 0.497 e. The first-order chi connectivity index (χ1) is 15.1. The molecule has 0 aliphatic heterocycles. The monoisotopic (exact) mass is 417 g/mol. The highest BCUT2D eigenvalue weighted by atomic mass is 16.5. The maximum Gasteiger partial charge on any atom is 0.262 e. The zero-order chi connectivity index (χ0) is 21.8. The zero-order valence-corrected chi connectivity index (χ0v) is 17.6. The summed E-state index contributed by atoms with van der Waals surface area (Å²) >= 11 is 0. The number of anilines is 1. The van der Waals surface area contributed by atoms with Gasteiger partial charge in [0.25, 0.3) is 5.91 Å². The van der Waals surface area contributed by atoms with Crippen LogP contribution >= 0.6 is 0 Å². The molecule has 1 N–H and O–H groups in total. The highest BCUT2D eigenvalue weighted by Gasteiger charge is 2.12. The Labute approximate surface area is 180 Å². The van der Waals surface area contributed by atoms with Crippen LogP contribution in [0.5, 0.6) is 17.2 Å². The average molecular weight is 417 g/mol. The third-order valence-electron chi connectivity index (χ3n) is 4.93. The van der Waals surface area contributed by atoms with Crippen LogP contribution in [-0.4, -0.2) is 36.1 Å². The van der Waals surface area contributed by atoms with Crippen molar-refractivity contribution in [1.82, 2.24) is 9.38 Å². The number of pyridine rings is 1. The number of carbonyl (C=O) groups is 1. The van der Waals surface area contributed by atoms with Gasteiger partial charge in [-0.2, -0.15) is 0 Å². The molecular formula is C24H23N3O4. The summed E-state index contributed by atoms with van der Waals surface area (Å²) in [5, 5.41) is 2.86. The molecule has 2 heterocycles. The van der Waals surface area contributed by atoms with Gasteiger partial charge in [-0.3, -0.25) is 4.79 Å². The zero-order valence-electron chi connectivity index (χ0n) is 17.6. The summed E-state index contributed by atoms with van der Waals surface area (Å²) < 4.78 is 18.0. The minimum Gasteiger partial charge on any atom is -0.497 e. The molecule has 1 amide bonds. The minimum atomic E-state index is -0.265. The van der Waals surface area contributed by atoms with Gasteiger partial charge in [0.15, 0.2) is 18.1 Å². The number of para-hydroxylation sites is 2. The number of hydrogen-bond donors (Lipinski definition) is 1. The van der Waals surface area contributed by atoms with Crippen LogP contribution in [0.25, 0.3) is 16.9 Å². The van der Waals surface area contributed by atoms with Crippen molar-refractivity contribution in [3.05, 3.63) is 72.6 Å². The van der Waals surface area contributed by atoms with Crippen LogP contribution < -0.4 is 19.5 Å². The molecule has 0 saturated heterocycles. The molecule has 0 radical (unpaired) electrons. The number of methoxy groups -OCH3 is 2. The molecule has 0 fully saturated rings.